The van der Waals surface area contributed by atoms with Crippen molar-refractivity contribution >= 4 is 11.6 Å². The Morgan fingerprint density at radius 3 is 2.36 bits per heavy atom. The average molecular weight is 340 g/mol. The van der Waals surface area contributed by atoms with Gasteiger partial charge in [0.2, 0.25) is 5.56 Å². The SMILES string of the molecule is C[C@@H](NC(=O)c1ccc(=O)[nH]c1)c1ccc(N2CCN(C)CC2)cc1. The van der Waals surface area contributed by atoms with Crippen LogP contribution in [-0.2, 0) is 0 Å². The maximum Gasteiger partial charge on any atom is 0.253 e. The number of benzene rings is 1. The Kier molecular flexibility index (Phi) is 5.19. The number of likely N-dealkylation sites (N-methyl/N-ethyl adjacent to an activating group) is 1. The third-order valence-corrected chi connectivity index (χ3v) is 4.66. The molecule has 2 N–H and O–H groups in total. The van der Waals surface area contributed by atoms with Crippen molar-refractivity contribution in [3.8, 4) is 0 Å². The first-order valence-electron chi connectivity index (χ1n) is 8.56. The van der Waals surface area contributed by atoms with E-state index in [9.17, 15) is 9.59 Å². The standard InChI is InChI=1S/C19H24N4O2/c1-14(21-19(25)16-5-8-18(24)20-13-16)15-3-6-17(7-4-15)23-11-9-22(2)10-12-23/h3-8,13-14H,9-12H2,1-2H3,(H,20,24)(H,21,25)/t14-/m1/s1. The van der Waals surface area contributed by atoms with Crippen LogP contribution in [-0.4, -0.2) is 49.0 Å². The number of amides is 1. The molecule has 1 aliphatic rings. The summed E-state index contributed by atoms with van der Waals surface area (Å²) in [4.78, 5) is 30.5. The summed E-state index contributed by atoms with van der Waals surface area (Å²) in [6, 6.07) is 11.1. The van der Waals surface area contributed by atoms with Gasteiger partial charge >= 0.3 is 0 Å². The molecule has 1 aromatic carbocycles. The minimum absolute atomic E-state index is 0.110. The number of aromatic amines is 1. The topological polar surface area (TPSA) is 68.4 Å². The molecule has 0 radical (unpaired) electrons. The molecule has 1 saturated heterocycles. The lowest BCUT2D eigenvalue weighted by Gasteiger charge is -2.34. The number of hydrogen-bond donors (Lipinski definition) is 2. The van der Waals surface area contributed by atoms with Gasteiger partial charge in [-0.2, -0.15) is 0 Å². The zero-order chi connectivity index (χ0) is 17.8. The predicted octanol–water partition coefficient (Wildman–Crippen LogP) is 1.62. The highest BCUT2D eigenvalue weighted by atomic mass is 16.2. The van der Waals surface area contributed by atoms with Crippen LogP contribution in [0.4, 0.5) is 5.69 Å². The van der Waals surface area contributed by atoms with Gasteiger partial charge in [0.05, 0.1) is 11.6 Å². The van der Waals surface area contributed by atoms with Gasteiger partial charge in [0.15, 0.2) is 0 Å². The van der Waals surface area contributed by atoms with Crippen molar-refractivity contribution in [2.45, 2.75) is 13.0 Å². The Bertz CT molecular complexity index is 756. The van der Waals surface area contributed by atoms with E-state index in [1.807, 2.05) is 6.92 Å². The Morgan fingerprint density at radius 1 is 1.08 bits per heavy atom. The normalized spacial score (nSPS) is 16.5. The third-order valence-electron chi connectivity index (χ3n) is 4.66. The number of carbonyl (C=O) groups excluding carboxylic acids is 1. The number of nitrogens with zero attached hydrogens (tertiary/aromatic N) is 2. The van der Waals surface area contributed by atoms with Gasteiger partial charge < -0.3 is 20.1 Å². The number of aromatic nitrogens is 1. The Balaban J connectivity index is 1.62. The van der Waals surface area contributed by atoms with E-state index in [0.717, 1.165) is 31.7 Å². The van der Waals surface area contributed by atoms with Gasteiger partial charge in [-0.1, -0.05) is 12.1 Å². The molecule has 1 fully saturated rings. The third kappa shape index (κ3) is 4.28. The van der Waals surface area contributed by atoms with Gasteiger partial charge in [0.25, 0.3) is 5.91 Å². The molecule has 6 nitrogen and oxygen atoms in total. The molecule has 2 aromatic rings. The van der Waals surface area contributed by atoms with E-state index >= 15 is 0 Å². The first-order valence-corrected chi connectivity index (χ1v) is 8.56. The minimum Gasteiger partial charge on any atom is -0.369 e. The Labute approximate surface area is 147 Å². The summed E-state index contributed by atoms with van der Waals surface area (Å²) in [6.45, 7) is 6.18. The number of piperazine rings is 1. The molecule has 0 bridgehead atoms. The monoisotopic (exact) mass is 340 g/mol. The van der Waals surface area contributed by atoms with Crippen molar-refractivity contribution in [2.24, 2.45) is 0 Å². The molecular weight excluding hydrogens is 316 g/mol. The molecule has 2 heterocycles. The molecule has 3 rings (SSSR count). The lowest BCUT2D eigenvalue weighted by molar-refractivity contribution is 0.0939. The van der Waals surface area contributed by atoms with Crippen LogP contribution in [0.3, 0.4) is 0 Å². The number of rotatable bonds is 4. The fraction of sp³-hybridized carbons (Fsp3) is 0.368. The summed E-state index contributed by atoms with van der Waals surface area (Å²) in [7, 11) is 2.15. The highest BCUT2D eigenvalue weighted by Gasteiger charge is 2.15. The molecule has 1 aliphatic heterocycles. The highest BCUT2D eigenvalue weighted by Crippen LogP contribution is 2.20. The number of H-pyrrole nitrogens is 1. The molecule has 0 aliphatic carbocycles. The van der Waals surface area contributed by atoms with Crippen molar-refractivity contribution in [1.29, 1.82) is 0 Å². The summed E-state index contributed by atoms with van der Waals surface area (Å²) in [6.07, 6.45) is 1.43. The molecule has 0 saturated carbocycles. The molecule has 132 valence electrons. The smallest absolute Gasteiger partial charge is 0.253 e. The molecule has 6 heteroatoms. The zero-order valence-corrected chi connectivity index (χ0v) is 14.7. The van der Waals surface area contributed by atoms with Gasteiger partial charge in [-0.05, 0) is 37.7 Å². The zero-order valence-electron chi connectivity index (χ0n) is 14.7. The van der Waals surface area contributed by atoms with Crippen LogP contribution >= 0.6 is 0 Å². The van der Waals surface area contributed by atoms with Crippen molar-refractivity contribution < 1.29 is 4.79 Å². The summed E-state index contributed by atoms with van der Waals surface area (Å²) in [5.41, 5.74) is 2.50. The van der Waals surface area contributed by atoms with Gasteiger partial charge in [0, 0.05) is 44.1 Å². The summed E-state index contributed by atoms with van der Waals surface area (Å²) in [5.74, 6) is -0.202. The number of hydrogen-bond acceptors (Lipinski definition) is 4. The quantitative estimate of drug-likeness (QED) is 0.887. The van der Waals surface area contributed by atoms with E-state index in [4.69, 9.17) is 0 Å². The molecular formula is C19H24N4O2. The fourth-order valence-electron chi connectivity index (χ4n) is 2.95. The predicted molar refractivity (Wildman–Crippen MR) is 99.1 cm³/mol. The number of nitrogens with one attached hydrogen (secondary N) is 2. The Hall–Kier alpha value is -2.60. The van der Waals surface area contributed by atoms with E-state index < -0.39 is 0 Å². The van der Waals surface area contributed by atoms with Crippen LogP contribution < -0.4 is 15.8 Å². The van der Waals surface area contributed by atoms with Crippen molar-refractivity contribution in [3.05, 3.63) is 64.1 Å². The van der Waals surface area contributed by atoms with Crippen LogP contribution in [0.2, 0.25) is 0 Å². The summed E-state index contributed by atoms with van der Waals surface area (Å²) < 4.78 is 0. The Morgan fingerprint density at radius 2 is 1.76 bits per heavy atom. The van der Waals surface area contributed by atoms with Crippen LogP contribution in [0.15, 0.2) is 47.4 Å². The van der Waals surface area contributed by atoms with Crippen molar-refractivity contribution in [2.75, 3.05) is 38.1 Å². The van der Waals surface area contributed by atoms with E-state index in [0.29, 0.717) is 5.56 Å². The summed E-state index contributed by atoms with van der Waals surface area (Å²) in [5, 5.41) is 2.96. The van der Waals surface area contributed by atoms with Crippen LogP contribution in [0, 0.1) is 0 Å². The molecule has 0 unspecified atom stereocenters. The summed E-state index contributed by atoms with van der Waals surface area (Å²) >= 11 is 0. The first-order chi connectivity index (χ1) is 12.0. The van der Waals surface area contributed by atoms with Crippen LogP contribution in [0.25, 0.3) is 0 Å². The van der Waals surface area contributed by atoms with Gasteiger partial charge in [-0.25, -0.2) is 0 Å². The molecule has 25 heavy (non-hydrogen) atoms. The van der Waals surface area contributed by atoms with Gasteiger partial charge in [-0.3, -0.25) is 9.59 Å². The number of anilines is 1. The molecule has 0 spiro atoms. The second-order valence-corrected chi connectivity index (χ2v) is 6.52. The molecule has 1 atom stereocenters. The van der Waals surface area contributed by atoms with Crippen LogP contribution in [0.1, 0.15) is 28.9 Å². The lowest BCUT2D eigenvalue weighted by Crippen LogP contribution is -2.44. The van der Waals surface area contributed by atoms with E-state index in [-0.39, 0.29) is 17.5 Å². The maximum atomic E-state index is 12.2. The van der Waals surface area contributed by atoms with Gasteiger partial charge in [-0.15, -0.1) is 0 Å². The van der Waals surface area contributed by atoms with E-state index in [2.05, 4.69) is 51.4 Å². The largest absolute Gasteiger partial charge is 0.369 e. The fourth-order valence-corrected chi connectivity index (χ4v) is 2.95. The van der Waals surface area contributed by atoms with Gasteiger partial charge in [0.1, 0.15) is 0 Å². The molecule has 1 amide bonds. The van der Waals surface area contributed by atoms with E-state index in [1.54, 1.807) is 0 Å². The maximum absolute atomic E-state index is 12.2. The second-order valence-electron chi connectivity index (χ2n) is 6.52. The average Bonchev–Trinajstić information content (AvgIpc) is 2.63. The first kappa shape index (κ1) is 17.2. The van der Waals surface area contributed by atoms with Crippen molar-refractivity contribution in [3.63, 3.8) is 0 Å². The number of carbonyl (C=O) groups is 1. The molecule has 1 aromatic heterocycles. The van der Waals surface area contributed by atoms with E-state index in [1.165, 1.54) is 24.0 Å². The minimum atomic E-state index is -0.218. The van der Waals surface area contributed by atoms with Crippen LogP contribution in [0.5, 0.6) is 0 Å². The highest BCUT2D eigenvalue weighted by molar-refractivity contribution is 5.94. The number of pyridine rings is 1. The second kappa shape index (κ2) is 7.53. The lowest BCUT2D eigenvalue weighted by atomic mass is 10.1. The van der Waals surface area contributed by atoms with Crippen molar-refractivity contribution in [1.82, 2.24) is 15.2 Å².